The van der Waals surface area contributed by atoms with Gasteiger partial charge in [-0.25, -0.2) is 0 Å². The SMILES string of the molecule is Cc1ccc(C)c(-c2cncc(Cl)c2N)c1. The second-order valence-electron chi connectivity index (χ2n) is 3.90. The summed E-state index contributed by atoms with van der Waals surface area (Å²) in [6, 6.07) is 6.25. The van der Waals surface area contributed by atoms with Crippen molar-refractivity contribution < 1.29 is 0 Å². The van der Waals surface area contributed by atoms with Crippen molar-refractivity contribution in [1.29, 1.82) is 0 Å². The van der Waals surface area contributed by atoms with Crippen LogP contribution in [0.4, 0.5) is 5.69 Å². The van der Waals surface area contributed by atoms with Crippen LogP contribution in [0, 0.1) is 13.8 Å². The van der Waals surface area contributed by atoms with E-state index in [1.54, 1.807) is 12.4 Å². The van der Waals surface area contributed by atoms with Crippen molar-refractivity contribution in [2.45, 2.75) is 13.8 Å². The highest BCUT2D eigenvalue weighted by Gasteiger charge is 2.08. The Bertz CT molecular complexity index is 535. The molecule has 0 aliphatic carbocycles. The molecule has 2 N–H and O–H groups in total. The van der Waals surface area contributed by atoms with Gasteiger partial charge in [0.25, 0.3) is 0 Å². The molecular formula is C13H13ClN2. The summed E-state index contributed by atoms with van der Waals surface area (Å²) in [4.78, 5) is 4.08. The average molecular weight is 233 g/mol. The molecule has 0 aliphatic heterocycles. The predicted molar refractivity (Wildman–Crippen MR) is 68.6 cm³/mol. The first-order chi connectivity index (χ1) is 7.59. The number of benzene rings is 1. The van der Waals surface area contributed by atoms with Crippen LogP contribution in [0.5, 0.6) is 0 Å². The first kappa shape index (κ1) is 11.0. The van der Waals surface area contributed by atoms with Gasteiger partial charge < -0.3 is 5.73 Å². The number of halogens is 1. The molecular weight excluding hydrogens is 220 g/mol. The van der Waals surface area contributed by atoms with Crippen LogP contribution < -0.4 is 5.73 Å². The van der Waals surface area contributed by atoms with Crippen molar-refractivity contribution in [3.63, 3.8) is 0 Å². The van der Waals surface area contributed by atoms with Crippen molar-refractivity contribution in [1.82, 2.24) is 4.98 Å². The second-order valence-corrected chi connectivity index (χ2v) is 4.31. The summed E-state index contributed by atoms with van der Waals surface area (Å²) < 4.78 is 0. The minimum absolute atomic E-state index is 0.499. The van der Waals surface area contributed by atoms with Gasteiger partial charge in [-0.05, 0) is 25.0 Å². The summed E-state index contributed by atoms with van der Waals surface area (Å²) in [6.45, 7) is 4.10. The minimum Gasteiger partial charge on any atom is -0.397 e. The zero-order valence-corrected chi connectivity index (χ0v) is 10.0. The van der Waals surface area contributed by atoms with Gasteiger partial charge >= 0.3 is 0 Å². The highest BCUT2D eigenvalue weighted by atomic mass is 35.5. The van der Waals surface area contributed by atoms with Gasteiger partial charge in [-0.1, -0.05) is 35.4 Å². The van der Waals surface area contributed by atoms with Gasteiger partial charge in [0.1, 0.15) is 0 Å². The summed E-state index contributed by atoms with van der Waals surface area (Å²) in [5.41, 5.74) is 10.9. The lowest BCUT2D eigenvalue weighted by molar-refractivity contribution is 1.31. The molecule has 0 aliphatic rings. The standard InChI is InChI=1S/C13H13ClN2/c1-8-3-4-9(2)10(5-8)11-6-16-7-12(14)13(11)15/h3-7H,1-2H3,(H2,15,16). The summed E-state index contributed by atoms with van der Waals surface area (Å²) in [5.74, 6) is 0. The number of hydrogen-bond acceptors (Lipinski definition) is 2. The Balaban J connectivity index is 2.67. The van der Waals surface area contributed by atoms with Crippen LogP contribution in [-0.4, -0.2) is 4.98 Å². The molecule has 16 heavy (non-hydrogen) atoms. The fourth-order valence-electron chi connectivity index (χ4n) is 1.69. The van der Waals surface area contributed by atoms with E-state index in [4.69, 9.17) is 17.3 Å². The lowest BCUT2D eigenvalue weighted by Gasteiger charge is -2.10. The number of hydrogen-bond donors (Lipinski definition) is 1. The van der Waals surface area contributed by atoms with Crippen LogP contribution in [0.25, 0.3) is 11.1 Å². The highest BCUT2D eigenvalue weighted by Crippen LogP contribution is 2.32. The van der Waals surface area contributed by atoms with Gasteiger partial charge in [0.05, 0.1) is 10.7 Å². The molecule has 2 nitrogen and oxygen atoms in total. The van der Waals surface area contributed by atoms with Crippen LogP contribution in [0.1, 0.15) is 11.1 Å². The van der Waals surface area contributed by atoms with Gasteiger partial charge in [-0.3, -0.25) is 4.98 Å². The van der Waals surface area contributed by atoms with Crippen LogP contribution in [0.3, 0.4) is 0 Å². The summed E-state index contributed by atoms with van der Waals surface area (Å²) in [5, 5.41) is 0.499. The molecule has 0 saturated heterocycles. The molecule has 1 heterocycles. The van der Waals surface area contributed by atoms with Gasteiger partial charge in [0.15, 0.2) is 0 Å². The zero-order valence-electron chi connectivity index (χ0n) is 9.29. The number of rotatable bonds is 1. The molecule has 3 heteroatoms. The molecule has 0 fully saturated rings. The Hall–Kier alpha value is -1.54. The normalized spacial score (nSPS) is 10.4. The molecule has 0 atom stereocenters. The number of pyridine rings is 1. The minimum atomic E-state index is 0.499. The summed E-state index contributed by atoms with van der Waals surface area (Å²) >= 11 is 5.97. The molecule has 0 radical (unpaired) electrons. The van der Waals surface area contributed by atoms with E-state index in [1.807, 2.05) is 0 Å². The molecule has 0 spiro atoms. The molecule has 2 aromatic rings. The first-order valence-corrected chi connectivity index (χ1v) is 5.44. The largest absolute Gasteiger partial charge is 0.397 e. The van der Waals surface area contributed by atoms with E-state index in [-0.39, 0.29) is 0 Å². The van der Waals surface area contributed by atoms with E-state index >= 15 is 0 Å². The lowest BCUT2D eigenvalue weighted by atomic mass is 9.99. The van der Waals surface area contributed by atoms with Crippen LogP contribution in [-0.2, 0) is 0 Å². The summed E-state index contributed by atoms with van der Waals surface area (Å²) in [6.07, 6.45) is 3.31. The van der Waals surface area contributed by atoms with Crippen molar-refractivity contribution in [2.24, 2.45) is 0 Å². The Kier molecular flexibility index (Phi) is 2.84. The molecule has 0 amide bonds. The maximum Gasteiger partial charge on any atom is 0.0824 e. The average Bonchev–Trinajstić information content (AvgIpc) is 2.26. The van der Waals surface area contributed by atoms with Crippen molar-refractivity contribution in [3.05, 3.63) is 46.7 Å². The smallest absolute Gasteiger partial charge is 0.0824 e. The predicted octanol–water partition coefficient (Wildman–Crippen LogP) is 3.60. The topological polar surface area (TPSA) is 38.9 Å². The van der Waals surface area contributed by atoms with E-state index in [0.29, 0.717) is 10.7 Å². The van der Waals surface area contributed by atoms with Gasteiger partial charge in [0.2, 0.25) is 0 Å². The van der Waals surface area contributed by atoms with Crippen LogP contribution in [0.2, 0.25) is 5.02 Å². The quantitative estimate of drug-likeness (QED) is 0.816. The maximum absolute atomic E-state index is 5.97. The molecule has 82 valence electrons. The number of nitrogens with zero attached hydrogens (tertiary/aromatic N) is 1. The van der Waals surface area contributed by atoms with E-state index in [9.17, 15) is 0 Å². The molecule has 0 saturated carbocycles. The number of aromatic nitrogens is 1. The Morgan fingerprint density at radius 1 is 1.12 bits per heavy atom. The van der Waals surface area contributed by atoms with Crippen LogP contribution >= 0.6 is 11.6 Å². The fraction of sp³-hybridized carbons (Fsp3) is 0.154. The van der Waals surface area contributed by atoms with Gasteiger partial charge in [-0.15, -0.1) is 0 Å². The first-order valence-electron chi connectivity index (χ1n) is 5.06. The third-order valence-corrected chi connectivity index (χ3v) is 2.92. The third kappa shape index (κ3) is 1.89. The molecule has 0 bridgehead atoms. The molecule has 2 rings (SSSR count). The molecule has 1 aromatic heterocycles. The molecule has 1 aromatic carbocycles. The highest BCUT2D eigenvalue weighted by molar-refractivity contribution is 6.33. The van der Waals surface area contributed by atoms with E-state index in [2.05, 4.69) is 37.0 Å². The van der Waals surface area contributed by atoms with Crippen molar-refractivity contribution >= 4 is 17.3 Å². The van der Waals surface area contributed by atoms with Crippen LogP contribution in [0.15, 0.2) is 30.6 Å². The Morgan fingerprint density at radius 3 is 2.62 bits per heavy atom. The van der Waals surface area contributed by atoms with Gasteiger partial charge in [-0.2, -0.15) is 0 Å². The van der Waals surface area contributed by atoms with Crippen molar-refractivity contribution in [3.8, 4) is 11.1 Å². The van der Waals surface area contributed by atoms with E-state index in [0.717, 1.165) is 11.1 Å². The number of nitrogens with two attached hydrogens (primary N) is 1. The Morgan fingerprint density at radius 2 is 1.88 bits per heavy atom. The maximum atomic E-state index is 5.97. The summed E-state index contributed by atoms with van der Waals surface area (Å²) in [7, 11) is 0. The fourth-order valence-corrected chi connectivity index (χ4v) is 1.84. The number of anilines is 1. The second kappa shape index (κ2) is 4.14. The van der Waals surface area contributed by atoms with E-state index < -0.39 is 0 Å². The van der Waals surface area contributed by atoms with Crippen molar-refractivity contribution in [2.75, 3.05) is 5.73 Å². The molecule has 0 unspecified atom stereocenters. The number of nitrogen functional groups attached to an aromatic ring is 1. The van der Waals surface area contributed by atoms with Gasteiger partial charge in [0, 0.05) is 18.0 Å². The lowest BCUT2D eigenvalue weighted by Crippen LogP contribution is -1.94. The third-order valence-electron chi connectivity index (χ3n) is 2.62. The zero-order chi connectivity index (χ0) is 11.7. The Labute approximate surface area is 100 Å². The number of aryl methyl sites for hydroxylation is 2. The van der Waals surface area contributed by atoms with E-state index in [1.165, 1.54) is 11.1 Å². The monoisotopic (exact) mass is 232 g/mol.